The molecular weight excluding hydrogens is 258 g/mol. The first-order valence-electron chi connectivity index (χ1n) is 6.54. The average molecular weight is 275 g/mol. The third kappa shape index (κ3) is 3.60. The fourth-order valence-corrected chi connectivity index (χ4v) is 1.89. The van der Waals surface area contributed by atoms with Gasteiger partial charge in [-0.1, -0.05) is 19.2 Å². The van der Waals surface area contributed by atoms with Crippen LogP contribution in [0.25, 0.3) is 0 Å². The quantitative estimate of drug-likeness (QED) is 0.716. The van der Waals surface area contributed by atoms with Crippen LogP contribution in [0.4, 0.5) is 11.4 Å². The molecule has 0 heterocycles. The Morgan fingerprint density at radius 2 is 2.00 bits per heavy atom. The Bertz CT molecular complexity index is 716. The predicted molar refractivity (Wildman–Crippen MR) is 92.5 cm³/mol. The number of nitrogens with zero attached hydrogens (tertiary/aromatic N) is 3. The van der Waals surface area contributed by atoms with Crippen LogP contribution in [-0.2, 0) is 0 Å². The van der Waals surface area contributed by atoms with Crippen molar-refractivity contribution < 1.29 is 0 Å². The van der Waals surface area contributed by atoms with Crippen molar-refractivity contribution in [3.63, 3.8) is 0 Å². The zero-order valence-corrected chi connectivity index (χ0v) is 12.1. The highest BCUT2D eigenvalue weighted by atomic mass is 14.8. The molecule has 3 nitrogen and oxygen atoms in total. The molecule has 0 saturated carbocycles. The Balaban J connectivity index is 2.28. The molecule has 0 aliphatic heterocycles. The monoisotopic (exact) mass is 275 g/mol. The smallest absolute Gasteiger partial charge is 0.0704 e. The molecule has 1 aromatic carbocycles. The maximum atomic E-state index is 4.64. The lowest BCUT2D eigenvalue weighted by atomic mass is 10.0. The second kappa shape index (κ2) is 6.57. The van der Waals surface area contributed by atoms with Crippen LogP contribution in [-0.4, -0.2) is 18.6 Å². The zero-order chi connectivity index (χ0) is 15.2. The average Bonchev–Trinajstić information content (AvgIpc) is 2.49. The topological polar surface area (TPSA) is 37.1 Å². The van der Waals surface area contributed by atoms with Crippen molar-refractivity contribution in [3.8, 4) is 0 Å². The molecule has 1 aliphatic carbocycles. The second-order valence-corrected chi connectivity index (χ2v) is 4.57. The molecule has 0 N–H and O–H groups in total. The molecule has 21 heavy (non-hydrogen) atoms. The van der Waals surface area contributed by atoms with Gasteiger partial charge in [-0.15, -0.1) is 0 Å². The summed E-state index contributed by atoms with van der Waals surface area (Å²) in [5.74, 6) is 0. The predicted octanol–water partition coefficient (Wildman–Crippen LogP) is 4.67. The number of rotatable bonds is 4. The molecule has 1 aliphatic rings. The number of benzene rings is 1. The third-order valence-corrected chi connectivity index (χ3v) is 3.00. The highest BCUT2D eigenvalue weighted by Gasteiger charge is 2.07. The number of hydrogen-bond donors (Lipinski definition) is 0. The molecule has 0 radical (unpaired) electrons. The summed E-state index contributed by atoms with van der Waals surface area (Å²) in [7, 11) is 0. The van der Waals surface area contributed by atoms with Crippen molar-refractivity contribution >= 4 is 30.0 Å². The Hall–Kier alpha value is -2.81. The van der Waals surface area contributed by atoms with Crippen molar-refractivity contribution in [1.29, 1.82) is 0 Å². The van der Waals surface area contributed by atoms with E-state index in [1.165, 1.54) is 0 Å². The normalized spacial score (nSPS) is 16.3. The molecule has 0 spiro atoms. The molecular formula is C18H17N3. The van der Waals surface area contributed by atoms with E-state index in [0.717, 1.165) is 33.9 Å². The van der Waals surface area contributed by atoms with E-state index in [9.17, 15) is 0 Å². The van der Waals surface area contributed by atoms with Crippen LogP contribution < -0.4 is 0 Å². The Labute approximate surface area is 125 Å². The first-order chi connectivity index (χ1) is 10.1. The molecule has 104 valence electrons. The Kier molecular flexibility index (Phi) is 4.57. The van der Waals surface area contributed by atoms with Gasteiger partial charge in [-0.3, -0.25) is 9.98 Å². The molecule has 0 unspecified atom stereocenters. The van der Waals surface area contributed by atoms with Crippen LogP contribution in [0.3, 0.4) is 0 Å². The van der Waals surface area contributed by atoms with Crippen molar-refractivity contribution in [2.24, 2.45) is 15.0 Å². The van der Waals surface area contributed by atoms with Gasteiger partial charge in [0.25, 0.3) is 0 Å². The fraction of sp³-hybridized carbons (Fsp3) is 0.0556. The summed E-state index contributed by atoms with van der Waals surface area (Å²) >= 11 is 0. The summed E-state index contributed by atoms with van der Waals surface area (Å²) in [6.07, 6.45) is 9.00. The minimum atomic E-state index is 0.829. The molecule has 3 heteroatoms. The summed E-state index contributed by atoms with van der Waals surface area (Å²) in [6, 6.07) is 5.78. The molecule has 1 aromatic rings. The van der Waals surface area contributed by atoms with Crippen LogP contribution >= 0.6 is 0 Å². The van der Waals surface area contributed by atoms with Gasteiger partial charge in [-0.05, 0) is 61.2 Å². The van der Waals surface area contributed by atoms with Gasteiger partial charge in [0, 0.05) is 6.21 Å². The third-order valence-electron chi connectivity index (χ3n) is 3.00. The minimum absolute atomic E-state index is 0.829. The SMILES string of the molecule is C=CC=NC1=CC(=C)/C(=N\c2ccc(N=C)cc2C)C=C1. The van der Waals surface area contributed by atoms with E-state index in [-0.39, 0.29) is 0 Å². The summed E-state index contributed by atoms with van der Waals surface area (Å²) in [5.41, 5.74) is 5.29. The van der Waals surface area contributed by atoms with E-state index in [4.69, 9.17) is 0 Å². The van der Waals surface area contributed by atoms with E-state index in [1.54, 1.807) is 12.3 Å². The zero-order valence-electron chi connectivity index (χ0n) is 12.1. The van der Waals surface area contributed by atoms with Crippen molar-refractivity contribution in [1.82, 2.24) is 0 Å². The molecule has 0 fully saturated rings. The van der Waals surface area contributed by atoms with Gasteiger partial charge in [-0.25, -0.2) is 4.99 Å². The number of aliphatic imine (C=N–C) groups is 3. The van der Waals surface area contributed by atoms with E-state index in [0.29, 0.717) is 0 Å². The minimum Gasteiger partial charge on any atom is -0.265 e. The molecule has 0 saturated heterocycles. The summed E-state index contributed by atoms with van der Waals surface area (Å²) in [4.78, 5) is 12.8. The Morgan fingerprint density at radius 1 is 1.19 bits per heavy atom. The molecule has 2 rings (SSSR count). The second-order valence-electron chi connectivity index (χ2n) is 4.57. The first-order valence-corrected chi connectivity index (χ1v) is 6.54. The molecule has 0 bridgehead atoms. The van der Waals surface area contributed by atoms with Crippen LogP contribution in [0.1, 0.15) is 5.56 Å². The highest BCUT2D eigenvalue weighted by molar-refractivity contribution is 6.12. The van der Waals surface area contributed by atoms with Gasteiger partial charge in [0.15, 0.2) is 0 Å². The van der Waals surface area contributed by atoms with Crippen LogP contribution in [0.5, 0.6) is 0 Å². The van der Waals surface area contributed by atoms with Gasteiger partial charge in [0.05, 0.1) is 22.8 Å². The molecule has 0 amide bonds. The number of aryl methyl sites for hydroxylation is 1. The maximum absolute atomic E-state index is 4.64. The van der Waals surface area contributed by atoms with Crippen LogP contribution in [0.2, 0.25) is 0 Å². The van der Waals surface area contributed by atoms with Crippen molar-refractivity contribution in [2.45, 2.75) is 6.92 Å². The van der Waals surface area contributed by atoms with Gasteiger partial charge in [0.1, 0.15) is 0 Å². The summed E-state index contributed by atoms with van der Waals surface area (Å²) in [6.45, 7) is 13.1. The first kappa shape index (κ1) is 14.6. The summed E-state index contributed by atoms with van der Waals surface area (Å²) in [5, 5.41) is 0. The van der Waals surface area contributed by atoms with Crippen molar-refractivity contribution in [2.75, 3.05) is 0 Å². The van der Waals surface area contributed by atoms with Crippen LogP contribution in [0, 0.1) is 6.92 Å². The fourth-order valence-electron chi connectivity index (χ4n) is 1.89. The number of hydrogen-bond acceptors (Lipinski definition) is 3. The van der Waals surface area contributed by atoms with E-state index >= 15 is 0 Å². The maximum Gasteiger partial charge on any atom is 0.0704 e. The molecule has 0 aromatic heterocycles. The van der Waals surface area contributed by atoms with Gasteiger partial charge >= 0.3 is 0 Å². The van der Waals surface area contributed by atoms with Crippen molar-refractivity contribution in [3.05, 3.63) is 72.5 Å². The van der Waals surface area contributed by atoms with Crippen LogP contribution in [0.15, 0.2) is 81.9 Å². The van der Waals surface area contributed by atoms with Gasteiger partial charge < -0.3 is 0 Å². The van der Waals surface area contributed by atoms with E-state index in [1.807, 2.05) is 43.4 Å². The largest absolute Gasteiger partial charge is 0.265 e. The molecule has 0 atom stereocenters. The van der Waals surface area contributed by atoms with E-state index in [2.05, 4.69) is 34.9 Å². The lowest BCUT2D eigenvalue weighted by Gasteiger charge is -2.09. The lowest BCUT2D eigenvalue weighted by molar-refractivity contribution is 1.36. The standard InChI is InChI=1S/C18H17N3/c1-5-10-20-16-7-9-18(14(3)12-16)21-17-8-6-15(19-4)11-13(17)2/h5-12H,1,3-4H2,2H3/b20-10?,21-18-. The summed E-state index contributed by atoms with van der Waals surface area (Å²) < 4.78 is 0. The lowest BCUT2D eigenvalue weighted by Crippen LogP contribution is -2.00. The van der Waals surface area contributed by atoms with Gasteiger partial charge in [0.2, 0.25) is 0 Å². The Morgan fingerprint density at radius 3 is 2.62 bits per heavy atom. The van der Waals surface area contributed by atoms with Gasteiger partial charge in [-0.2, -0.15) is 0 Å². The number of allylic oxidation sites excluding steroid dienone is 5. The van der Waals surface area contributed by atoms with E-state index < -0.39 is 0 Å². The highest BCUT2D eigenvalue weighted by Crippen LogP contribution is 2.25.